The van der Waals surface area contributed by atoms with Crippen molar-refractivity contribution in [1.29, 1.82) is 0 Å². The molecule has 1 aromatic carbocycles. The van der Waals surface area contributed by atoms with E-state index in [0.717, 1.165) is 42.9 Å². The highest BCUT2D eigenvalue weighted by Crippen LogP contribution is 2.48. The summed E-state index contributed by atoms with van der Waals surface area (Å²) in [5.74, 6) is 1.59. The Kier molecular flexibility index (Phi) is 9.09. The van der Waals surface area contributed by atoms with Crippen LogP contribution in [0.25, 0.3) is 10.9 Å². The van der Waals surface area contributed by atoms with Crippen LogP contribution in [0.3, 0.4) is 0 Å². The molecule has 10 heteroatoms. The number of halogens is 2. The molecule has 1 fully saturated rings. The first-order chi connectivity index (χ1) is 16.4. The summed E-state index contributed by atoms with van der Waals surface area (Å²) in [7, 11) is 7.27. The molecule has 0 radical (unpaired) electrons. The van der Waals surface area contributed by atoms with Crippen molar-refractivity contribution in [3.8, 4) is 11.5 Å². The number of methoxy groups -OCH3 is 2. The molecule has 3 aliphatic rings. The minimum atomic E-state index is -0.251. The van der Waals surface area contributed by atoms with Crippen LogP contribution in [0.4, 0.5) is 0 Å². The van der Waals surface area contributed by atoms with Crippen molar-refractivity contribution in [2.24, 2.45) is 11.8 Å². The highest BCUT2D eigenvalue weighted by Gasteiger charge is 2.47. The molecule has 0 unspecified atom stereocenters. The Balaban J connectivity index is 0.00000180. The first-order valence-electron chi connectivity index (χ1n) is 12.1. The van der Waals surface area contributed by atoms with Crippen LogP contribution in [0, 0.1) is 11.8 Å². The number of rotatable bonds is 6. The first kappa shape index (κ1) is 28.4. The number of carbonyl (C=O) groups excluding carboxylic acids is 1. The van der Waals surface area contributed by atoms with Crippen molar-refractivity contribution in [2.75, 3.05) is 54.6 Å². The molecular weight excluding hydrogens is 505 g/mol. The van der Waals surface area contributed by atoms with E-state index < -0.39 is 0 Å². The van der Waals surface area contributed by atoms with Crippen LogP contribution in [-0.4, -0.2) is 81.4 Å². The third-order valence-electron chi connectivity index (χ3n) is 7.73. The molecule has 0 saturated carbocycles. The summed E-state index contributed by atoms with van der Waals surface area (Å²) in [6.45, 7) is 5.08. The van der Waals surface area contributed by atoms with Gasteiger partial charge in [0.15, 0.2) is 11.5 Å². The first-order valence-corrected chi connectivity index (χ1v) is 12.1. The van der Waals surface area contributed by atoms with E-state index in [9.17, 15) is 4.79 Å². The Morgan fingerprint density at radius 3 is 2.61 bits per heavy atom. The Morgan fingerprint density at radius 2 is 1.92 bits per heavy atom. The molecule has 4 heterocycles. The van der Waals surface area contributed by atoms with Crippen LogP contribution in [0.1, 0.15) is 30.6 Å². The molecule has 1 N–H and O–H groups in total. The molecule has 200 valence electrons. The maximum atomic E-state index is 13.0. The van der Waals surface area contributed by atoms with Gasteiger partial charge in [-0.25, -0.2) is 4.79 Å². The second-order valence-electron chi connectivity index (χ2n) is 9.89. The van der Waals surface area contributed by atoms with Crippen LogP contribution in [0.15, 0.2) is 24.0 Å². The van der Waals surface area contributed by atoms with E-state index in [2.05, 4.69) is 22.9 Å². The van der Waals surface area contributed by atoms with Gasteiger partial charge in [0.05, 0.1) is 38.2 Å². The molecule has 36 heavy (non-hydrogen) atoms. The zero-order chi connectivity index (χ0) is 24.0. The van der Waals surface area contributed by atoms with Gasteiger partial charge < -0.3 is 28.8 Å². The van der Waals surface area contributed by atoms with Gasteiger partial charge in [-0.3, -0.25) is 4.90 Å². The topological polar surface area (TPSA) is 76.3 Å². The number of hydrogen-bond donors (Lipinski definition) is 1. The summed E-state index contributed by atoms with van der Waals surface area (Å²) in [5, 5.41) is 1.19. The van der Waals surface area contributed by atoms with Crippen LogP contribution < -0.4 is 9.47 Å². The summed E-state index contributed by atoms with van der Waals surface area (Å²) in [5.41, 5.74) is 4.32. The lowest BCUT2D eigenvalue weighted by atomic mass is 9.72. The Bertz CT molecular complexity index is 1120. The Morgan fingerprint density at radius 1 is 1.19 bits per heavy atom. The van der Waals surface area contributed by atoms with Crippen molar-refractivity contribution < 1.29 is 23.7 Å². The fourth-order valence-corrected chi connectivity index (χ4v) is 5.85. The average molecular weight is 543 g/mol. The lowest BCUT2D eigenvalue weighted by Gasteiger charge is -2.49. The highest BCUT2D eigenvalue weighted by atomic mass is 35.5. The summed E-state index contributed by atoms with van der Waals surface area (Å²) >= 11 is 0. The van der Waals surface area contributed by atoms with Crippen molar-refractivity contribution in [1.82, 2.24) is 14.8 Å². The fourth-order valence-electron chi connectivity index (χ4n) is 5.85. The van der Waals surface area contributed by atoms with Crippen molar-refractivity contribution in [3.05, 3.63) is 35.2 Å². The molecule has 1 aromatic heterocycles. The van der Waals surface area contributed by atoms with E-state index in [4.69, 9.17) is 18.9 Å². The lowest BCUT2D eigenvalue weighted by molar-refractivity contribution is -0.142. The molecule has 4 atom stereocenters. The molecule has 1 saturated heterocycles. The number of hydrogen-bond acceptors (Lipinski definition) is 7. The number of esters is 1. The van der Waals surface area contributed by atoms with Gasteiger partial charge in [-0.2, -0.15) is 0 Å². The number of benzene rings is 1. The van der Waals surface area contributed by atoms with Crippen LogP contribution in [0.2, 0.25) is 0 Å². The molecular formula is C26H37Cl2N3O5. The SMILES string of the molecule is COc1cc2[nH]c3c(c2cc1OC)CCN1C[C@H]2[C@H](C)OC=C(C(=O)OCCN(C)C)[C@H]2C[C@H]31.Cl.Cl. The Labute approximate surface area is 225 Å². The molecule has 5 rings (SSSR count). The number of nitrogens with one attached hydrogen (secondary N) is 1. The molecule has 8 nitrogen and oxygen atoms in total. The van der Waals surface area contributed by atoms with Crippen LogP contribution in [-0.2, 0) is 20.7 Å². The largest absolute Gasteiger partial charge is 0.497 e. The molecule has 2 aromatic rings. The van der Waals surface area contributed by atoms with Gasteiger partial charge in [0, 0.05) is 54.1 Å². The molecule has 0 amide bonds. The van der Waals surface area contributed by atoms with Gasteiger partial charge >= 0.3 is 5.97 Å². The van der Waals surface area contributed by atoms with Crippen LogP contribution >= 0.6 is 24.8 Å². The van der Waals surface area contributed by atoms with E-state index in [-0.39, 0.29) is 54.8 Å². The summed E-state index contributed by atoms with van der Waals surface area (Å²) in [4.78, 5) is 21.2. The van der Waals surface area contributed by atoms with E-state index in [1.54, 1.807) is 20.5 Å². The zero-order valence-electron chi connectivity index (χ0n) is 21.5. The van der Waals surface area contributed by atoms with Gasteiger partial charge in [-0.15, -0.1) is 24.8 Å². The predicted molar refractivity (Wildman–Crippen MR) is 144 cm³/mol. The Hall–Kier alpha value is -2.13. The second kappa shape index (κ2) is 11.5. The average Bonchev–Trinajstić information content (AvgIpc) is 3.20. The second-order valence-corrected chi connectivity index (χ2v) is 9.89. The number of carbonyl (C=O) groups is 1. The number of aromatic amines is 1. The normalized spacial score (nSPS) is 24.8. The van der Waals surface area contributed by atoms with Gasteiger partial charge in [0.2, 0.25) is 0 Å². The van der Waals surface area contributed by atoms with Gasteiger partial charge in [0.1, 0.15) is 6.61 Å². The summed E-state index contributed by atoms with van der Waals surface area (Å²) in [6, 6.07) is 4.32. The minimum Gasteiger partial charge on any atom is -0.497 e. The van der Waals surface area contributed by atoms with E-state index >= 15 is 0 Å². The fraction of sp³-hybridized carbons (Fsp3) is 0.577. The van der Waals surface area contributed by atoms with E-state index in [0.29, 0.717) is 18.7 Å². The monoisotopic (exact) mass is 541 g/mol. The number of nitrogens with zero attached hydrogens (tertiary/aromatic N) is 2. The van der Waals surface area contributed by atoms with Gasteiger partial charge in [-0.05, 0) is 45.5 Å². The van der Waals surface area contributed by atoms with E-state index in [1.807, 2.05) is 25.1 Å². The van der Waals surface area contributed by atoms with Gasteiger partial charge in [-0.1, -0.05) is 0 Å². The number of aromatic nitrogens is 1. The molecule has 3 aliphatic heterocycles. The number of likely N-dealkylation sites (N-methyl/N-ethyl adjacent to an activating group) is 1. The van der Waals surface area contributed by atoms with Crippen molar-refractivity contribution in [2.45, 2.75) is 31.9 Å². The standard InChI is InChI=1S/C26H35N3O5.2ClH/c1-15-19-13-29-7-6-16-18-11-23(31-4)24(32-5)12-21(18)27-25(16)22(29)10-17(19)20(14-34-15)26(30)33-9-8-28(2)3;;/h11-12,14-15,17,19,22,27H,6-10,13H2,1-5H3;2*1H/t15-,17-,19-,22+;;/m0../s1. The molecule has 0 bridgehead atoms. The minimum absolute atomic E-state index is 0. The third kappa shape index (κ3) is 5.01. The smallest absolute Gasteiger partial charge is 0.337 e. The van der Waals surface area contributed by atoms with Crippen LogP contribution in [0.5, 0.6) is 11.5 Å². The predicted octanol–water partition coefficient (Wildman–Crippen LogP) is 3.97. The van der Waals surface area contributed by atoms with Crippen molar-refractivity contribution in [3.63, 3.8) is 0 Å². The van der Waals surface area contributed by atoms with Crippen molar-refractivity contribution >= 4 is 41.7 Å². The maximum absolute atomic E-state index is 13.0. The highest BCUT2D eigenvalue weighted by molar-refractivity contribution is 5.90. The third-order valence-corrected chi connectivity index (χ3v) is 7.73. The quantitative estimate of drug-likeness (QED) is 0.554. The summed E-state index contributed by atoms with van der Waals surface area (Å²) < 4.78 is 22.6. The van der Waals surface area contributed by atoms with E-state index in [1.165, 1.54) is 16.6 Å². The summed E-state index contributed by atoms with van der Waals surface area (Å²) in [6.07, 6.45) is 3.57. The number of fused-ring (bicyclic) bond motifs is 6. The number of ether oxygens (including phenoxy) is 4. The zero-order valence-corrected chi connectivity index (χ0v) is 23.2. The maximum Gasteiger partial charge on any atom is 0.337 e. The number of piperidine rings is 1. The molecule has 0 spiro atoms. The van der Waals surface area contributed by atoms with Gasteiger partial charge in [0.25, 0.3) is 0 Å². The number of H-pyrrole nitrogens is 1. The lowest BCUT2D eigenvalue weighted by Crippen LogP contribution is -2.51. The molecule has 0 aliphatic carbocycles.